The second-order valence-corrected chi connectivity index (χ2v) is 5.68. The topological polar surface area (TPSA) is 15.3 Å². The van der Waals surface area contributed by atoms with Gasteiger partial charge in [0.2, 0.25) is 0 Å². The summed E-state index contributed by atoms with van der Waals surface area (Å²) in [5.41, 5.74) is 5.04. The van der Waals surface area contributed by atoms with Crippen LogP contribution in [0.5, 0.6) is 0 Å². The van der Waals surface area contributed by atoms with Crippen LogP contribution in [-0.2, 0) is 0 Å². The quantitative estimate of drug-likeness (QED) is 0.718. The third kappa shape index (κ3) is 2.69. The summed E-state index contributed by atoms with van der Waals surface area (Å²) < 4.78 is 0. The Morgan fingerprint density at radius 2 is 2.43 bits per heavy atom. The molecule has 0 unspecified atom stereocenters. The Labute approximate surface area is 95.9 Å². The fourth-order valence-corrected chi connectivity index (χ4v) is 2.71. The maximum atomic E-state index is 4.23. The first-order valence-corrected chi connectivity index (χ1v) is 6.85. The summed E-state index contributed by atoms with van der Waals surface area (Å²) in [7, 11) is 0. The zero-order valence-corrected chi connectivity index (χ0v) is 10.3. The molecule has 0 amide bonds. The Morgan fingerprint density at radius 3 is 3.07 bits per heavy atom. The van der Waals surface area contributed by atoms with Gasteiger partial charge in [0, 0.05) is 24.9 Å². The third-order valence-corrected chi connectivity index (χ3v) is 4.41. The zero-order chi connectivity index (χ0) is 9.97. The Balaban J connectivity index is 1.85. The van der Waals surface area contributed by atoms with Crippen molar-refractivity contribution in [3.8, 4) is 0 Å². The molecular formula is C10H18N2S2. The molecule has 1 heterocycles. The molecule has 1 N–H and O–H groups in total. The second-order valence-electron chi connectivity index (χ2n) is 3.93. The van der Waals surface area contributed by atoms with Gasteiger partial charge in [-0.2, -0.15) is 12.6 Å². The van der Waals surface area contributed by atoms with Gasteiger partial charge in [0.1, 0.15) is 0 Å². The van der Waals surface area contributed by atoms with Crippen LogP contribution in [0.3, 0.4) is 0 Å². The number of hydrogen-bond donors (Lipinski definition) is 2. The number of nitrogens with zero attached hydrogens (tertiary/aromatic N) is 1. The van der Waals surface area contributed by atoms with E-state index in [1.165, 1.54) is 17.7 Å². The maximum Gasteiger partial charge on any atom is 0.0368 e. The molecule has 2 rings (SSSR count). The largest absolute Gasteiger partial charge is 0.250 e. The first-order valence-electron chi connectivity index (χ1n) is 5.23. The van der Waals surface area contributed by atoms with Crippen molar-refractivity contribution in [2.24, 2.45) is 0 Å². The van der Waals surface area contributed by atoms with Crippen molar-refractivity contribution in [2.75, 3.05) is 24.6 Å². The molecule has 1 saturated heterocycles. The van der Waals surface area contributed by atoms with Gasteiger partial charge in [-0.15, -0.1) is 11.8 Å². The molecule has 1 aliphatic heterocycles. The van der Waals surface area contributed by atoms with Crippen molar-refractivity contribution in [2.45, 2.75) is 25.8 Å². The molecule has 14 heavy (non-hydrogen) atoms. The van der Waals surface area contributed by atoms with Gasteiger partial charge in [0.15, 0.2) is 0 Å². The van der Waals surface area contributed by atoms with E-state index >= 15 is 0 Å². The smallest absolute Gasteiger partial charge is 0.0368 e. The van der Waals surface area contributed by atoms with Crippen molar-refractivity contribution < 1.29 is 0 Å². The number of hydrogen-bond acceptors (Lipinski definition) is 4. The fourth-order valence-electron chi connectivity index (χ4n) is 1.70. The third-order valence-electron chi connectivity index (χ3n) is 2.75. The molecule has 2 aliphatic rings. The average molecular weight is 230 g/mol. The van der Waals surface area contributed by atoms with Crippen molar-refractivity contribution in [1.82, 2.24) is 10.4 Å². The number of rotatable bonds is 4. The van der Waals surface area contributed by atoms with E-state index in [2.05, 4.69) is 30.0 Å². The molecule has 1 saturated carbocycles. The number of hydrazine groups is 1. The highest BCUT2D eigenvalue weighted by Gasteiger charge is 2.32. The minimum absolute atomic E-state index is 0.829. The Bertz CT molecular complexity index is 236. The van der Waals surface area contributed by atoms with Crippen LogP contribution >= 0.6 is 24.4 Å². The van der Waals surface area contributed by atoms with Gasteiger partial charge in [0.05, 0.1) is 0 Å². The molecule has 0 atom stereocenters. The fraction of sp³-hybridized carbons (Fsp3) is 0.800. The summed E-state index contributed by atoms with van der Waals surface area (Å²) in [5, 5.41) is 2.40. The molecule has 0 spiro atoms. The van der Waals surface area contributed by atoms with E-state index in [4.69, 9.17) is 0 Å². The number of thiol groups is 1. The van der Waals surface area contributed by atoms with Crippen LogP contribution in [0.15, 0.2) is 10.5 Å². The van der Waals surface area contributed by atoms with Gasteiger partial charge in [-0.1, -0.05) is 0 Å². The minimum atomic E-state index is 0.829. The van der Waals surface area contributed by atoms with Gasteiger partial charge in [-0.05, 0) is 36.0 Å². The predicted octanol–water partition coefficient (Wildman–Crippen LogP) is 1.91. The van der Waals surface area contributed by atoms with E-state index < -0.39 is 0 Å². The number of allylic oxidation sites excluding steroid dienone is 1. The van der Waals surface area contributed by atoms with Crippen LogP contribution in [-0.4, -0.2) is 35.6 Å². The van der Waals surface area contributed by atoms with Gasteiger partial charge in [0.25, 0.3) is 0 Å². The van der Waals surface area contributed by atoms with Gasteiger partial charge in [-0.25, -0.2) is 5.01 Å². The molecule has 0 aromatic carbocycles. The normalized spacial score (nSPS) is 27.0. The molecular weight excluding hydrogens is 212 g/mol. The summed E-state index contributed by atoms with van der Waals surface area (Å²) in [6, 6.07) is 0.829. The first-order chi connectivity index (χ1) is 6.81. The summed E-state index contributed by atoms with van der Waals surface area (Å²) >= 11 is 6.17. The summed E-state index contributed by atoms with van der Waals surface area (Å²) in [6.45, 7) is 4.43. The highest BCUT2D eigenvalue weighted by Crippen LogP contribution is 2.30. The average Bonchev–Trinajstić information content (AvgIpc) is 2.93. The number of thioether (sulfide) groups is 1. The standard InChI is InChI=1S/C10H18N2S2/c1-8(14-5-4-13)9-6-11-12(7-9)10-2-3-10/h10-11,13H,2-7H2,1H3/b9-8+. The minimum Gasteiger partial charge on any atom is -0.250 e. The highest BCUT2D eigenvalue weighted by molar-refractivity contribution is 8.03. The molecule has 2 fully saturated rings. The summed E-state index contributed by atoms with van der Waals surface area (Å²) in [6.07, 6.45) is 2.76. The lowest BCUT2D eigenvalue weighted by molar-refractivity contribution is 0.245. The van der Waals surface area contributed by atoms with E-state index in [9.17, 15) is 0 Å². The summed E-state index contributed by atoms with van der Waals surface area (Å²) in [5.74, 6) is 2.09. The van der Waals surface area contributed by atoms with Crippen LogP contribution in [0.2, 0.25) is 0 Å². The van der Waals surface area contributed by atoms with Crippen LogP contribution in [0, 0.1) is 0 Å². The van der Waals surface area contributed by atoms with E-state index in [-0.39, 0.29) is 0 Å². The van der Waals surface area contributed by atoms with Crippen LogP contribution in [0.25, 0.3) is 0 Å². The maximum absolute atomic E-state index is 4.23. The van der Waals surface area contributed by atoms with E-state index in [1.54, 1.807) is 5.57 Å². The van der Waals surface area contributed by atoms with E-state index in [1.807, 2.05) is 11.8 Å². The van der Waals surface area contributed by atoms with Crippen LogP contribution in [0.1, 0.15) is 19.8 Å². The lowest BCUT2D eigenvalue weighted by Crippen LogP contribution is -2.32. The Morgan fingerprint density at radius 1 is 1.64 bits per heavy atom. The van der Waals surface area contributed by atoms with E-state index in [0.717, 1.165) is 30.6 Å². The van der Waals surface area contributed by atoms with Gasteiger partial charge in [-0.3, -0.25) is 5.43 Å². The molecule has 0 aromatic heterocycles. The Hall–Kier alpha value is 0.360. The first kappa shape index (κ1) is 10.9. The lowest BCUT2D eigenvalue weighted by atomic mass is 10.3. The summed E-state index contributed by atoms with van der Waals surface area (Å²) in [4.78, 5) is 1.50. The molecule has 0 aromatic rings. The number of nitrogens with one attached hydrogen (secondary N) is 1. The van der Waals surface area contributed by atoms with Crippen molar-refractivity contribution >= 4 is 24.4 Å². The van der Waals surface area contributed by atoms with Crippen LogP contribution in [0.4, 0.5) is 0 Å². The van der Waals surface area contributed by atoms with Crippen molar-refractivity contribution in [3.63, 3.8) is 0 Å². The monoisotopic (exact) mass is 230 g/mol. The van der Waals surface area contributed by atoms with Crippen molar-refractivity contribution in [3.05, 3.63) is 10.5 Å². The van der Waals surface area contributed by atoms with Gasteiger partial charge < -0.3 is 0 Å². The van der Waals surface area contributed by atoms with Crippen LogP contribution < -0.4 is 5.43 Å². The Kier molecular flexibility index (Phi) is 3.82. The molecule has 1 aliphatic carbocycles. The molecule has 4 heteroatoms. The zero-order valence-electron chi connectivity index (χ0n) is 8.62. The highest BCUT2D eigenvalue weighted by atomic mass is 32.2. The van der Waals surface area contributed by atoms with Crippen molar-refractivity contribution in [1.29, 1.82) is 0 Å². The molecule has 80 valence electrons. The predicted molar refractivity (Wildman–Crippen MR) is 66.7 cm³/mol. The van der Waals surface area contributed by atoms with Gasteiger partial charge >= 0.3 is 0 Å². The molecule has 0 bridgehead atoms. The molecule has 2 nitrogen and oxygen atoms in total. The SMILES string of the molecule is C/C(SCCS)=C1/CNN(C2CC2)C1. The molecule has 0 radical (unpaired) electrons. The lowest BCUT2D eigenvalue weighted by Gasteiger charge is -2.12. The second kappa shape index (κ2) is 4.92. The van der Waals surface area contributed by atoms with E-state index in [0.29, 0.717) is 0 Å².